The lowest BCUT2D eigenvalue weighted by Crippen LogP contribution is -2.46. The number of ether oxygens (including phenoxy) is 1. The first-order chi connectivity index (χ1) is 7.02. The van der Waals surface area contributed by atoms with Crippen LogP contribution in [0.3, 0.4) is 0 Å². The molecule has 0 bridgehead atoms. The van der Waals surface area contributed by atoms with Gasteiger partial charge in [-0.1, -0.05) is 0 Å². The molecule has 4 nitrogen and oxygen atoms in total. The van der Waals surface area contributed by atoms with Gasteiger partial charge < -0.3 is 5.11 Å². The van der Waals surface area contributed by atoms with Crippen LogP contribution >= 0.6 is 0 Å². The summed E-state index contributed by atoms with van der Waals surface area (Å²) in [5, 5.41) is 8.60. The van der Waals surface area contributed by atoms with Crippen LogP contribution in [0.2, 0.25) is 0 Å². The molecular weight excluding hydrogens is 227 g/mol. The molecule has 16 heavy (non-hydrogen) atoms. The molecule has 0 aromatic rings. The predicted molar refractivity (Wildman–Crippen MR) is 51.0 cm³/mol. The van der Waals surface area contributed by atoms with Gasteiger partial charge in [-0.25, -0.2) is 0 Å². The Hall–Kier alpha value is -0.820. The van der Waals surface area contributed by atoms with Crippen molar-refractivity contribution in [2.75, 3.05) is 19.7 Å². The van der Waals surface area contributed by atoms with E-state index in [1.54, 1.807) is 20.8 Å². The Morgan fingerprint density at radius 2 is 1.81 bits per heavy atom. The van der Waals surface area contributed by atoms with Gasteiger partial charge in [0.1, 0.15) is 0 Å². The second kappa shape index (κ2) is 5.49. The van der Waals surface area contributed by atoms with Gasteiger partial charge in [-0.3, -0.25) is 14.4 Å². The van der Waals surface area contributed by atoms with E-state index in [2.05, 4.69) is 4.74 Å². The second-order valence-electron chi connectivity index (χ2n) is 4.28. The number of nitrogens with zero attached hydrogens (tertiary/aromatic N) is 1. The minimum atomic E-state index is -4.67. The summed E-state index contributed by atoms with van der Waals surface area (Å²) in [6, 6.07) is 0. The molecule has 0 saturated carbocycles. The molecule has 0 aliphatic carbocycles. The molecule has 0 heterocycles. The van der Waals surface area contributed by atoms with Gasteiger partial charge in [0.15, 0.2) is 0 Å². The summed E-state index contributed by atoms with van der Waals surface area (Å²) in [6.45, 7) is 4.20. The summed E-state index contributed by atoms with van der Waals surface area (Å²) >= 11 is 0. The zero-order valence-corrected chi connectivity index (χ0v) is 9.47. The Labute approximate surface area is 92.0 Å². The van der Waals surface area contributed by atoms with Gasteiger partial charge in [0.25, 0.3) is 0 Å². The lowest BCUT2D eigenvalue weighted by Gasteiger charge is -2.34. The van der Waals surface area contributed by atoms with Crippen LogP contribution < -0.4 is 0 Å². The van der Waals surface area contributed by atoms with Gasteiger partial charge in [-0.05, 0) is 20.8 Å². The number of carboxylic acids is 1. The highest BCUT2D eigenvalue weighted by Crippen LogP contribution is 2.17. The first-order valence-corrected chi connectivity index (χ1v) is 4.70. The Kier molecular flexibility index (Phi) is 5.21. The molecule has 96 valence electrons. The van der Waals surface area contributed by atoms with Crippen LogP contribution in [0.1, 0.15) is 20.8 Å². The lowest BCUT2D eigenvalue weighted by molar-refractivity contribution is -0.325. The third kappa shape index (κ3) is 7.47. The van der Waals surface area contributed by atoms with Crippen LogP contribution in [0, 0.1) is 0 Å². The number of rotatable bonds is 5. The number of carbonyl (C=O) groups is 1. The zero-order chi connectivity index (χ0) is 13.0. The van der Waals surface area contributed by atoms with E-state index < -0.39 is 24.5 Å². The third-order valence-electron chi connectivity index (χ3n) is 1.90. The first-order valence-electron chi connectivity index (χ1n) is 4.70. The number of hydrogen-bond donors (Lipinski definition) is 1. The largest absolute Gasteiger partial charge is 0.522 e. The summed E-state index contributed by atoms with van der Waals surface area (Å²) in [7, 11) is 0. The molecular formula is C9H16F3NO3. The van der Waals surface area contributed by atoms with E-state index in [1.165, 1.54) is 4.90 Å². The summed E-state index contributed by atoms with van der Waals surface area (Å²) < 4.78 is 38.7. The average Bonchev–Trinajstić information content (AvgIpc) is 1.97. The molecule has 1 N–H and O–H groups in total. The van der Waals surface area contributed by atoms with Crippen molar-refractivity contribution >= 4 is 5.97 Å². The molecule has 0 atom stereocenters. The van der Waals surface area contributed by atoms with Gasteiger partial charge in [0.2, 0.25) is 0 Å². The van der Waals surface area contributed by atoms with E-state index in [4.69, 9.17) is 5.11 Å². The Balaban J connectivity index is 4.19. The minimum absolute atomic E-state index is 0.0880. The zero-order valence-electron chi connectivity index (χ0n) is 9.47. The fraction of sp³-hybridized carbons (Fsp3) is 0.889. The Bertz CT molecular complexity index is 235. The van der Waals surface area contributed by atoms with E-state index in [1.807, 2.05) is 0 Å². The molecule has 7 heteroatoms. The summed E-state index contributed by atoms with van der Waals surface area (Å²) in [5.74, 6) is -1.08. The van der Waals surface area contributed by atoms with Crippen molar-refractivity contribution in [3.63, 3.8) is 0 Å². The van der Waals surface area contributed by atoms with Gasteiger partial charge in [0.05, 0.1) is 13.2 Å². The van der Waals surface area contributed by atoms with Crippen LogP contribution in [0.25, 0.3) is 0 Å². The minimum Gasteiger partial charge on any atom is -0.480 e. The number of aliphatic carboxylic acids is 1. The number of hydrogen-bond acceptors (Lipinski definition) is 3. The highest BCUT2D eigenvalue weighted by Gasteiger charge is 2.30. The maximum absolute atomic E-state index is 11.7. The van der Waals surface area contributed by atoms with E-state index in [-0.39, 0.29) is 13.1 Å². The fourth-order valence-corrected chi connectivity index (χ4v) is 1.09. The van der Waals surface area contributed by atoms with E-state index >= 15 is 0 Å². The van der Waals surface area contributed by atoms with E-state index in [0.29, 0.717) is 0 Å². The fourth-order valence-electron chi connectivity index (χ4n) is 1.09. The highest BCUT2D eigenvalue weighted by atomic mass is 19.4. The number of alkyl halides is 3. The molecule has 0 aromatic heterocycles. The van der Waals surface area contributed by atoms with Crippen LogP contribution in [-0.2, 0) is 9.53 Å². The maximum Gasteiger partial charge on any atom is 0.522 e. The van der Waals surface area contributed by atoms with Gasteiger partial charge in [-0.15, -0.1) is 13.2 Å². The van der Waals surface area contributed by atoms with Gasteiger partial charge in [-0.2, -0.15) is 0 Å². The molecule has 0 radical (unpaired) electrons. The average molecular weight is 243 g/mol. The van der Waals surface area contributed by atoms with Crippen molar-refractivity contribution in [1.29, 1.82) is 0 Å². The lowest BCUT2D eigenvalue weighted by atomic mass is 10.1. The smallest absolute Gasteiger partial charge is 0.480 e. The molecule has 0 spiro atoms. The van der Waals surface area contributed by atoms with Crippen LogP contribution in [0.15, 0.2) is 0 Å². The second-order valence-corrected chi connectivity index (χ2v) is 4.28. The molecule has 0 aliphatic rings. The third-order valence-corrected chi connectivity index (χ3v) is 1.90. The number of carboxylic acid groups (broad SMARTS) is 1. The number of halogens is 3. The summed E-state index contributed by atoms with van der Waals surface area (Å²) in [4.78, 5) is 11.9. The van der Waals surface area contributed by atoms with E-state index in [0.717, 1.165) is 0 Å². The van der Waals surface area contributed by atoms with Crippen molar-refractivity contribution < 1.29 is 27.8 Å². The molecule has 0 amide bonds. The molecule has 0 fully saturated rings. The molecule has 0 aliphatic heterocycles. The standard InChI is InChI=1S/C9H16F3NO3/c1-8(2,3)13(6-7(14)15)4-5-16-9(10,11)12/h4-6H2,1-3H3,(H,14,15). The summed E-state index contributed by atoms with van der Waals surface area (Å²) in [6.07, 6.45) is -4.67. The van der Waals surface area contributed by atoms with Gasteiger partial charge >= 0.3 is 12.3 Å². The quantitative estimate of drug-likeness (QED) is 0.798. The summed E-state index contributed by atoms with van der Waals surface area (Å²) in [5.41, 5.74) is -0.520. The first kappa shape index (κ1) is 15.2. The van der Waals surface area contributed by atoms with Crippen LogP contribution in [0.4, 0.5) is 13.2 Å². The maximum atomic E-state index is 11.7. The van der Waals surface area contributed by atoms with Crippen LogP contribution in [0.5, 0.6) is 0 Å². The SMILES string of the molecule is CC(C)(C)N(CCOC(F)(F)F)CC(=O)O. The Morgan fingerprint density at radius 1 is 1.31 bits per heavy atom. The normalized spacial score (nSPS) is 13.2. The van der Waals surface area contributed by atoms with Crippen molar-refractivity contribution in [3.8, 4) is 0 Å². The van der Waals surface area contributed by atoms with Crippen molar-refractivity contribution in [3.05, 3.63) is 0 Å². The van der Waals surface area contributed by atoms with Gasteiger partial charge in [0, 0.05) is 12.1 Å². The molecule has 0 rings (SSSR count). The Morgan fingerprint density at radius 3 is 2.12 bits per heavy atom. The molecule has 0 unspecified atom stereocenters. The van der Waals surface area contributed by atoms with Crippen molar-refractivity contribution in [1.82, 2.24) is 4.90 Å². The van der Waals surface area contributed by atoms with Crippen molar-refractivity contribution in [2.24, 2.45) is 0 Å². The van der Waals surface area contributed by atoms with E-state index in [9.17, 15) is 18.0 Å². The monoisotopic (exact) mass is 243 g/mol. The molecule has 0 aromatic carbocycles. The van der Waals surface area contributed by atoms with Crippen molar-refractivity contribution in [2.45, 2.75) is 32.7 Å². The topological polar surface area (TPSA) is 49.8 Å². The van der Waals surface area contributed by atoms with Crippen LogP contribution in [-0.4, -0.2) is 47.6 Å². The highest BCUT2D eigenvalue weighted by molar-refractivity contribution is 5.69. The molecule has 0 saturated heterocycles. The predicted octanol–water partition coefficient (Wildman–Crippen LogP) is 1.71.